The Hall–Kier alpha value is -1.60. The molecule has 25 heavy (non-hydrogen) atoms. The number of benzene rings is 1. The van der Waals surface area contributed by atoms with Gasteiger partial charge in [-0.3, -0.25) is 4.79 Å². The number of halogens is 1. The van der Waals surface area contributed by atoms with Gasteiger partial charge in [0.05, 0.1) is 24.2 Å². The molecule has 1 N–H and O–H groups in total. The van der Waals surface area contributed by atoms with Gasteiger partial charge in [-0.2, -0.15) is 0 Å². The van der Waals surface area contributed by atoms with Gasteiger partial charge in [0.1, 0.15) is 0 Å². The summed E-state index contributed by atoms with van der Waals surface area (Å²) in [5, 5.41) is 3.90. The van der Waals surface area contributed by atoms with Gasteiger partial charge in [0.2, 0.25) is 0 Å². The SMILES string of the molecule is CCOc1cc(C2NC(=S)N(CC)C(C)=C2C(C)=O)cc(Br)c1OC. The van der Waals surface area contributed by atoms with Crippen LogP contribution < -0.4 is 14.8 Å². The third-order valence-electron chi connectivity index (χ3n) is 4.16. The van der Waals surface area contributed by atoms with Gasteiger partial charge < -0.3 is 19.7 Å². The molecule has 0 amide bonds. The number of rotatable bonds is 6. The lowest BCUT2D eigenvalue weighted by molar-refractivity contribution is -0.114. The molecule has 1 aromatic carbocycles. The van der Waals surface area contributed by atoms with Crippen LogP contribution in [0.1, 0.15) is 39.3 Å². The first-order valence-corrected chi connectivity index (χ1v) is 9.35. The second-order valence-corrected chi connectivity index (χ2v) is 6.89. The van der Waals surface area contributed by atoms with Gasteiger partial charge in [-0.1, -0.05) is 0 Å². The Morgan fingerprint density at radius 1 is 1.40 bits per heavy atom. The number of ether oxygens (including phenoxy) is 2. The van der Waals surface area contributed by atoms with Gasteiger partial charge in [-0.15, -0.1) is 0 Å². The molecule has 0 saturated heterocycles. The Labute approximate surface area is 162 Å². The zero-order valence-electron chi connectivity index (χ0n) is 15.1. The minimum absolute atomic E-state index is 0.0147. The maximum Gasteiger partial charge on any atom is 0.174 e. The third kappa shape index (κ3) is 3.82. The van der Waals surface area contributed by atoms with E-state index in [0.29, 0.717) is 35.3 Å². The molecule has 0 bridgehead atoms. The number of hydrogen-bond donors (Lipinski definition) is 1. The summed E-state index contributed by atoms with van der Waals surface area (Å²) in [6, 6.07) is 3.50. The minimum atomic E-state index is -0.325. The molecule has 2 rings (SSSR count). The summed E-state index contributed by atoms with van der Waals surface area (Å²) < 4.78 is 11.9. The number of methoxy groups -OCH3 is 1. The van der Waals surface area contributed by atoms with E-state index in [-0.39, 0.29) is 11.8 Å². The first-order chi connectivity index (χ1) is 11.8. The summed E-state index contributed by atoms with van der Waals surface area (Å²) >= 11 is 9.02. The zero-order valence-corrected chi connectivity index (χ0v) is 17.5. The van der Waals surface area contributed by atoms with Crippen LogP contribution in [0.2, 0.25) is 0 Å². The number of ketones is 1. The van der Waals surface area contributed by atoms with Crippen molar-refractivity contribution < 1.29 is 14.3 Å². The number of nitrogens with zero attached hydrogens (tertiary/aromatic N) is 1. The topological polar surface area (TPSA) is 50.8 Å². The second-order valence-electron chi connectivity index (χ2n) is 5.65. The first kappa shape index (κ1) is 19.7. The van der Waals surface area contributed by atoms with E-state index in [0.717, 1.165) is 15.7 Å². The van der Waals surface area contributed by atoms with Crippen LogP contribution in [0.15, 0.2) is 27.9 Å². The Morgan fingerprint density at radius 3 is 2.60 bits per heavy atom. The van der Waals surface area contributed by atoms with Crippen molar-refractivity contribution in [1.29, 1.82) is 0 Å². The fourth-order valence-corrected chi connectivity index (χ4v) is 4.09. The van der Waals surface area contributed by atoms with Crippen LogP contribution in [0.3, 0.4) is 0 Å². The molecular weight excluding hydrogens is 404 g/mol. The minimum Gasteiger partial charge on any atom is -0.492 e. The number of carbonyl (C=O) groups excluding carboxylic acids is 1. The average Bonchev–Trinajstić information content (AvgIpc) is 2.54. The Morgan fingerprint density at radius 2 is 2.08 bits per heavy atom. The molecule has 0 aliphatic carbocycles. The highest BCUT2D eigenvalue weighted by atomic mass is 79.9. The van der Waals surface area contributed by atoms with E-state index in [1.807, 2.05) is 37.8 Å². The predicted molar refractivity (Wildman–Crippen MR) is 106 cm³/mol. The number of thiocarbonyl (C=S) groups is 1. The van der Waals surface area contributed by atoms with Crippen LogP contribution in [0.25, 0.3) is 0 Å². The summed E-state index contributed by atoms with van der Waals surface area (Å²) in [6.07, 6.45) is 0. The molecule has 0 fully saturated rings. The molecule has 5 nitrogen and oxygen atoms in total. The van der Waals surface area contributed by atoms with Crippen molar-refractivity contribution in [2.75, 3.05) is 20.3 Å². The molecular formula is C18H23BrN2O3S. The monoisotopic (exact) mass is 426 g/mol. The lowest BCUT2D eigenvalue weighted by Gasteiger charge is -2.37. The molecule has 1 aromatic rings. The number of allylic oxidation sites excluding steroid dienone is 1. The molecule has 1 aliphatic rings. The number of nitrogens with one attached hydrogen (secondary N) is 1. The standard InChI is InChI=1S/C18H23BrN2O3S/c1-6-21-10(3)15(11(4)22)16(20-18(21)25)12-8-13(19)17(23-5)14(9-12)24-7-2/h8-9,16H,6-7H2,1-5H3,(H,20,25). The Bertz CT molecular complexity index is 733. The van der Waals surface area contributed by atoms with Crippen molar-refractivity contribution >= 4 is 39.0 Å². The van der Waals surface area contributed by atoms with Crippen LogP contribution in [-0.2, 0) is 4.79 Å². The van der Waals surface area contributed by atoms with Gasteiger partial charge in [-0.25, -0.2) is 0 Å². The van der Waals surface area contributed by atoms with Crippen LogP contribution in [0.4, 0.5) is 0 Å². The first-order valence-electron chi connectivity index (χ1n) is 8.15. The van der Waals surface area contributed by atoms with Gasteiger partial charge >= 0.3 is 0 Å². The maximum atomic E-state index is 12.3. The largest absolute Gasteiger partial charge is 0.492 e. The van der Waals surface area contributed by atoms with Crippen molar-refractivity contribution in [3.05, 3.63) is 33.4 Å². The fraction of sp³-hybridized carbons (Fsp3) is 0.444. The fourth-order valence-electron chi connectivity index (χ4n) is 3.08. The molecule has 1 atom stereocenters. The van der Waals surface area contributed by atoms with Gasteiger partial charge in [0.15, 0.2) is 22.4 Å². The summed E-state index contributed by atoms with van der Waals surface area (Å²) in [6.45, 7) is 8.66. The Balaban J connectivity index is 2.61. The van der Waals surface area contributed by atoms with Crippen molar-refractivity contribution in [3.8, 4) is 11.5 Å². The van der Waals surface area contributed by atoms with E-state index in [4.69, 9.17) is 21.7 Å². The third-order valence-corrected chi connectivity index (χ3v) is 5.09. The van der Waals surface area contributed by atoms with E-state index in [1.165, 1.54) is 0 Å². The average molecular weight is 427 g/mol. The highest BCUT2D eigenvalue weighted by Crippen LogP contribution is 2.40. The summed E-state index contributed by atoms with van der Waals surface area (Å²) in [5.41, 5.74) is 2.47. The second kappa shape index (κ2) is 8.19. The van der Waals surface area contributed by atoms with Gasteiger partial charge in [0, 0.05) is 17.8 Å². The molecule has 0 radical (unpaired) electrons. The number of hydrogen-bond acceptors (Lipinski definition) is 4. The maximum absolute atomic E-state index is 12.3. The van der Waals surface area contributed by atoms with Crippen LogP contribution in [0.5, 0.6) is 11.5 Å². The lowest BCUT2D eigenvalue weighted by Crippen LogP contribution is -2.47. The molecule has 1 unspecified atom stereocenters. The van der Waals surface area contributed by atoms with Crippen LogP contribution in [0, 0.1) is 0 Å². The highest BCUT2D eigenvalue weighted by Gasteiger charge is 2.32. The Kier molecular flexibility index (Phi) is 6.46. The molecule has 136 valence electrons. The lowest BCUT2D eigenvalue weighted by atomic mass is 9.92. The summed E-state index contributed by atoms with van der Waals surface area (Å²) in [4.78, 5) is 14.3. The predicted octanol–water partition coefficient (Wildman–Crippen LogP) is 3.97. The highest BCUT2D eigenvalue weighted by molar-refractivity contribution is 9.10. The van der Waals surface area contributed by atoms with E-state index < -0.39 is 0 Å². The van der Waals surface area contributed by atoms with Crippen molar-refractivity contribution in [2.45, 2.75) is 33.7 Å². The zero-order chi connectivity index (χ0) is 18.7. The molecule has 0 aromatic heterocycles. The molecule has 7 heteroatoms. The van der Waals surface area contributed by atoms with E-state index in [9.17, 15) is 4.79 Å². The van der Waals surface area contributed by atoms with Crippen LogP contribution in [-0.4, -0.2) is 36.1 Å². The van der Waals surface area contributed by atoms with E-state index >= 15 is 0 Å². The van der Waals surface area contributed by atoms with E-state index in [1.54, 1.807) is 14.0 Å². The number of Topliss-reactive ketones (excluding diaryl/α,β-unsaturated/α-hetero) is 1. The molecule has 1 aliphatic heterocycles. The van der Waals surface area contributed by atoms with Gasteiger partial charge in [-0.05, 0) is 73.5 Å². The molecule has 0 spiro atoms. The van der Waals surface area contributed by atoms with Crippen molar-refractivity contribution in [2.24, 2.45) is 0 Å². The van der Waals surface area contributed by atoms with Crippen LogP contribution >= 0.6 is 28.1 Å². The normalized spacial score (nSPS) is 17.4. The van der Waals surface area contributed by atoms with Gasteiger partial charge in [0.25, 0.3) is 0 Å². The smallest absolute Gasteiger partial charge is 0.174 e. The molecule has 1 heterocycles. The summed E-state index contributed by atoms with van der Waals surface area (Å²) in [7, 11) is 1.60. The van der Waals surface area contributed by atoms with Crippen molar-refractivity contribution in [3.63, 3.8) is 0 Å². The van der Waals surface area contributed by atoms with Crippen molar-refractivity contribution in [1.82, 2.24) is 10.2 Å². The van der Waals surface area contributed by atoms with E-state index in [2.05, 4.69) is 21.2 Å². The molecule has 0 saturated carbocycles. The quantitative estimate of drug-likeness (QED) is 0.694. The summed E-state index contributed by atoms with van der Waals surface area (Å²) in [5.74, 6) is 1.27. The number of carbonyl (C=O) groups is 1.